The monoisotopic (exact) mass is 287 g/mol. The lowest BCUT2D eigenvalue weighted by molar-refractivity contribution is -0.126. The Hall–Kier alpha value is -0.240. The number of amides is 1. The normalized spacial score (nSPS) is 26.3. The Labute approximate surface area is 123 Å². The van der Waals surface area contributed by atoms with Gasteiger partial charge < -0.3 is 5.32 Å². The second-order valence-electron chi connectivity index (χ2n) is 7.42. The zero-order chi connectivity index (χ0) is 14.6. The maximum Gasteiger partial charge on any atom is 0.223 e. The van der Waals surface area contributed by atoms with E-state index >= 15 is 0 Å². The minimum Gasteiger partial charge on any atom is -0.354 e. The molecule has 1 amide bonds. The average molecular weight is 288 g/mol. The van der Waals surface area contributed by atoms with Crippen molar-refractivity contribution in [1.29, 1.82) is 0 Å². The molecule has 0 aromatic carbocycles. The standard InChI is InChI=1S/C16H30ClNO/c1-11(2)14(17)10-18-15(19)12-6-8-13(9-7-12)16(3,4)5/h11-14H,6-10H2,1-5H3,(H,18,19). The van der Waals surface area contributed by atoms with E-state index in [2.05, 4.69) is 39.9 Å². The van der Waals surface area contributed by atoms with Gasteiger partial charge in [-0.15, -0.1) is 11.6 Å². The topological polar surface area (TPSA) is 29.1 Å². The molecule has 19 heavy (non-hydrogen) atoms. The number of halogens is 1. The van der Waals surface area contributed by atoms with Crippen molar-refractivity contribution < 1.29 is 4.79 Å². The molecule has 0 radical (unpaired) electrons. The molecule has 112 valence electrons. The first-order valence-corrected chi connectivity index (χ1v) is 8.07. The summed E-state index contributed by atoms with van der Waals surface area (Å²) in [6.07, 6.45) is 4.41. The SMILES string of the molecule is CC(C)C(Cl)CNC(=O)C1CCC(C(C)(C)C)CC1. The first-order chi connectivity index (χ1) is 8.71. The summed E-state index contributed by atoms with van der Waals surface area (Å²) in [5, 5.41) is 3.05. The molecule has 1 unspecified atom stereocenters. The van der Waals surface area contributed by atoms with Gasteiger partial charge in [0.2, 0.25) is 5.91 Å². The van der Waals surface area contributed by atoms with E-state index < -0.39 is 0 Å². The molecule has 0 aliphatic heterocycles. The largest absolute Gasteiger partial charge is 0.354 e. The molecule has 1 aliphatic carbocycles. The minimum atomic E-state index is 0.0369. The first kappa shape index (κ1) is 16.8. The van der Waals surface area contributed by atoms with Crippen LogP contribution in [0.3, 0.4) is 0 Å². The molecule has 1 fully saturated rings. The summed E-state index contributed by atoms with van der Waals surface area (Å²) in [5.74, 6) is 1.57. The number of hydrogen-bond acceptors (Lipinski definition) is 1. The number of carbonyl (C=O) groups is 1. The second kappa shape index (κ2) is 6.97. The molecule has 1 rings (SSSR count). The number of rotatable bonds is 4. The number of hydrogen-bond donors (Lipinski definition) is 1. The van der Waals surface area contributed by atoms with Gasteiger partial charge in [-0.2, -0.15) is 0 Å². The fourth-order valence-electron chi connectivity index (χ4n) is 2.80. The molecular formula is C16H30ClNO. The van der Waals surface area contributed by atoms with Crippen molar-refractivity contribution in [3.05, 3.63) is 0 Å². The molecule has 3 heteroatoms. The van der Waals surface area contributed by atoms with Crippen molar-refractivity contribution in [2.24, 2.45) is 23.2 Å². The zero-order valence-corrected chi connectivity index (χ0v) is 13.9. The smallest absolute Gasteiger partial charge is 0.223 e. The lowest BCUT2D eigenvalue weighted by Gasteiger charge is -2.36. The van der Waals surface area contributed by atoms with Crippen LogP contribution in [0.15, 0.2) is 0 Å². The highest BCUT2D eigenvalue weighted by molar-refractivity contribution is 6.21. The highest BCUT2D eigenvalue weighted by Gasteiger charge is 2.32. The van der Waals surface area contributed by atoms with Gasteiger partial charge >= 0.3 is 0 Å². The van der Waals surface area contributed by atoms with Crippen LogP contribution in [0.1, 0.15) is 60.3 Å². The van der Waals surface area contributed by atoms with Crippen molar-refractivity contribution >= 4 is 17.5 Å². The van der Waals surface area contributed by atoms with Crippen LogP contribution in [0.4, 0.5) is 0 Å². The van der Waals surface area contributed by atoms with Crippen molar-refractivity contribution in [2.45, 2.75) is 65.7 Å². The molecule has 0 bridgehead atoms. The fraction of sp³-hybridized carbons (Fsp3) is 0.938. The maximum absolute atomic E-state index is 12.1. The summed E-state index contributed by atoms with van der Waals surface area (Å²) in [7, 11) is 0. The Morgan fingerprint density at radius 2 is 1.74 bits per heavy atom. The van der Waals surface area contributed by atoms with Gasteiger partial charge in [-0.25, -0.2) is 0 Å². The van der Waals surface area contributed by atoms with Gasteiger partial charge in [0.05, 0.1) is 5.38 Å². The van der Waals surface area contributed by atoms with E-state index in [9.17, 15) is 4.79 Å². The Bertz CT molecular complexity index is 288. The molecule has 0 heterocycles. The molecule has 0 spiro atoms. The van der Waals surface area contributed by atoms with E-state index in [1.165, 1.54) is 12.8 Å². The van der Waals surface area contributed by atoms with Crippen molar-refractivity contribution in [1.82, 2.24) is 5.32 Å². The van der Waals surface area contributed by atoms with Gasteiger partial charge in [0.25, 0.3) is 0 Å². The summed E-state index contributed by atoms with van der Waals surface area (Å²) in [6, 6.07) is 0. The van der Waals surface area contributed by atoms with E-state index in [1.54, 1.807) is 0 Å². The number of alkyl halides is 1. The van der Waals surface area contributed by atoms with Gasteiger partial charge in [0, 0.05) is 12.5 Å². The van der Waals surface area contributed by atoms with Gasteiger partial charge in [-0.1, -0.05) is 34.6 Å². The lowest BCUT2D eigenvalue weighted by atomic mass is 9.69. The second-order valence-corrected chi connectivity index (χ2v) is 7.98. The third-order valence-electron chi connectivity index (χ3n) is 4.52. The molecule has 2 nitrogen and oxygen atoms in total. The van der Waals surface area contributed by atoms with Crippen molar-refractivity contribution in [3.63, 3.8) is 0 Å². The van der Waals surface area contributed by atoms with Crippen LogP contribution in [-0.4, -0.2) is 17.8 Å². The highest BCUT2D eigenvalue weighted by Crippen LogP contribution is 2.39. The quantitative estimate of drug-likeness (QED) is 0.771. The minimum absolute atomic E-state index is 0.0369. The van der Waals surface area contributed by atoms with E-state index in [4.69, 9.17) is 11.6 Å². The Morgan fingerprint density at radius 1 is 1.21 bits per heavy atom. The summed E-state index contributed by atoms with van der Waals surface area (Å²) in [4.78, 5) is 12.1. The highest BCUT2D eigenvalue weighted by atomic mass is 35.5. The summed E-state index contributed by atoms with van der Waals surface area (Å²) >= 11 is 6.17. The molecular weight excluding hydrogens is 258 g/mol. The Balaban J connectivity index is 2.33. The number of carbonyl (C=O) groups excluding carboxylic acids is 1. The van der Waals surface area contributed by atoms with Crippen molar-refractivity contribution in [2.75, 3.05) is 6.54 Å². The predicted molar refractivity (Wildman–Crippen MR) is 82.4 cm³/mol. The predicted octanol–water partition coefficient (Wildman–Crippen LogP) is 4.22. The van der Waals surface area contributed by atoms with Crippen LogP contribution in [-0.2, 0) is 4.79 Å². The van der Waals surface area contributed by atoms with Crippen LogP contribution >= 0.6 is 11.6 Å². The average Bonchev–Trinajstić information content (AvgIpc) is 2.34. The van der Waals surface area contributed by atoms with Crippen LogP contribution in [0.25, 0.3) is 0 Å². The Kier molecular flexibility index (Phi) is 6.16. The maximum atomic E-state index is 12.1. The van der Waals surface area contributed by atoms with E-state index in [-0.39, 0.29) is 17.2 Å². The Morgan fingerprint density at radius 3 is 2.16 bits per heavy atom. The molecule has 1 N–H and O–H groups in total. The zero-order valence-electron chi connectivity index (χ0n) is 13.1. The van der Waals surface area contributed by atoms with E-state index in [0.717, 1.165) is 18.8 Å². The van der Waals surface area contributed by atoms with Crippen LogP contribution in [0, 0.1) is 23.2 Å². The summed E-state index contributed by atoms with van der Waals surface area (Å²) < 4.78 is 0. The molecule has 0 saturated heterocycles. The van der Waals surface area contributed by atoms with Gasteiger partial charge in [0.1, 0.15) is 0 Å². The third kappa shape index (κ3) is 5.33. The van der Waals surface area contributed by atoms with E-state index in [0.29, 0.717) is 17.9 Å². The molecule has 1 saturated carbocycles. The molecule has 1 atom stereocenters. The van der Waals surface area contributed by atoms with Gasteiger partial charge in [-0.3, -0.25) is 4.79 Å². The summed E-state index contributed by atoms with van der Waals surface area (Å²) in [6.45, 7) is 11.7. The van der Waals surface area contributed by atoms with Gasteiger partial charge in [0.15, 0.2) is 0 Å². The molecule has 1 aliphatic rings. The van der Waals surface area contributed by atoms with Crippen LogP contribution in [0.5, 0.6) is 0 Å². The van der Waals surface area contributed by atoms with Crippen LogP contribution < -0.4 is 5.32 Å². The van der Waals surface area contributed by atoms with Crippen LogP contribution in [0.2, 0.25) is 0 Å². The van der Waals surface area contributed by atoms with Gasteiger partial charge in [-0.05, 0) is 42.9 Å². The molecule has 0 aromatic rings. The van der Waals surface area contributed by atoms with Crippen molar-refractivity contribution in [3.8, 4) is 0 Å². The third-order valence-corrected chi connectivity index (χ3v) is 5.18. The number of nitrogens with one attached hydrogen (secondary N) is 1. The van der Waals surface area contributed by atoms with E-state index in [1.807, 2.05) is 0 Å². The fourth-order valence-corrected chi connectivity index (χ4v) is 2.88. The first-order valence-electron chi connectivity index (χ1n) is 7.63. The summed E-state index contributed by atoms with van der Waals surface area (Å²) in [5.41, 5.74) is 0.375. The molecule has 0 aromatic heterocycles. The lowest BCUT2D eigenvalue weighted by Crippen LogP contribution is -2.38.